The molecule has 0 aromatic rings. The van der Waals surface area contributed by atoms with Crippen LogP contribution in [0, 0.1) is 0 Å². The van der Waals surface area contributed by atoms with Crippen LogP contribution in [0.2, 0.25) is 0 Å². The summed E-state index contributed by atoms with van der Waals surface area (Å²) in [6, 6.07) is 0.0180. The van der Waals surface area contributed by atoms with E-state index in [4.69, 9.17) is 0 Å². The summed E-state index contributed by atoms with van der Waals surface area (Å²) < 4.78 is 4.60. The Morgan fingerprint density at radius 3 is 2.44 bits per heavy atom. The summed E-state index contributed by atoms with van der Waals surface area (Å²) in [6.45, 7) is 6.53. The van der Waals surface area contributed by atoms with Crippen LogP contribution in [0.15, 0.2) is 0 Å². The molecule has 0 spiro atoms. The van der Waals surface area contributed by atoms with Gasteiger partial charge >= 0.3 is 12.0 Å². The molecular formula is C12H23N3O3. The van der Waals surface area contributed by atoms with Gasteiger partial charge < -0.3 is 15.0 Å². The Morgan fingerprint density at radius 2 is 1.89 bits per heavy atom. The summed E-state index contributed by atoms with van der Waals surface area (Å²) in [4.78, 5) is 26.7. The van der Waals surface area contributed by atoms with Gasteiger partial charge in [0.05, 0.1) is 13.5 Å². The van der Waals surface area contributed by atoms with Crippen LogP contribution in [0.1, 0.15) is 19.8 Å². The Labute approximate surface area is 108 Å². The van der Waals surface area contributed by atoms with Crippen LogP contribution in [0.25, 0.3) is 0 Å². The van der Waals surface area contributed by atoms with E-state index in [-0.39, 0.29) is 12.0 Å². The largest absolute Gasteiger partial charge is 0.469 e. The third kappa shape index (κ3) is 4.91. The number of carbonyl (C=O) groups is 2. The molecule has 1 fully saturated rings. The second-order valence-electron chi connectivity index (χ2n) is 4.39. The molecule has 0 bridgehead atoms. The number of piperazine rings is 1. The summed E-state index contributed by atoms with van der Waals surface area (Å²) in [5.74, 6) is -0.182. The first-order valence-corrected chi connectivity index (χ1v) is 6.49. The van der Waals surface area contributed by atoms with Crippen molar-refractivity contribution in [3.05, 3.63) is 0 Å². The number of methoxy groups -OCH3 is 1. The molecule has 0 saturated carbocycles. The first-order chi connectivity index (χ1) is 8.67. The second kappa shape index (κ2) is 7.92. The first-order valence-electron chi connectivity index (χ1n) is 6.49. The molecule has 0 unspecified atom stereocenters. The van der Waals surface area contributed by atoms with Crippen molar-refractivity contribution in [1.29, 1.82) is 0 Å². The van der Waals surface area contributed by atoms with Crippen molar-refractivity contribution in [1.82, 2.24) is 15.1 Å². The molecule has 1 rings (SSSR count). The lowest BCUT2D eigenvalue weighted by atomic mass is 10.3. The smallest absolute Gasteiger partial charge is 0.317 e. The van der Waals surface area contributed by atoms with Crippen LogP contribution in [-0.4, -0.2) is 68.2 Å². The monoisotopic (exact) mass is 257 g/mol. The van der Waals surface area contributed by atoms with Crippen molar-refractivity contribution in [2.45, 2.75) is 19.8 Å². The predicted molar refractivity (Wildman–Crippen MR) is 68.3 cm³/mol. The van der Waals surface area contributed by atoms with Crippen LogP contribution in [0.5, 0.6) is 0 Å². The van der Waals surface area contributed by atoms with Crippen LogP contribution in [0.4, 0.5) is 4.79 Å². The van der Waals surface area contributed by atoms with E-state index in [1.54, 1.807) is 0 Å². The predicted octanol–water partition coefficient (Wildman–Crippen LogP) is 0.287. The molecule has 0 aliphatic carbocycles. The van der Waals surface area contributed by atoms with E-state index in [2.05, 4.69) is 15.0 Å². The van der Waals surface area contributed by atoms with Crippen LogP contribution >= 0.6 is 0 Å². The minimum atomic E-state index is -0.182. The Balaban J connectivity index is 2.20. The average Bonchev–Trinajstić information content (AvgIpc) is 2.42. The Bertz CT molecular complexity index is 276. The lowest BCUT2D eigenvalue weighted by Crippen LogP contribution is -2.52. The summed E-state index contributed by atoms with van der Waals surface area (Å²) in [5, 5.41) is 2.87. The highest BCUT2D eigenvalue weighted by atomic mass is 16.5. The third-order valence-electron chi connectivity index (χ3n) is 3.05. The van der Waals surface area contributed by atoms with Gasteiger partial charge in [-0.05, 0) is 6.42 Å². The van der Waals surface area contributed by atoms with Gasteiger partial charge in [-0.25, -0.2) is 4.79 Å². The molecule has 0 aromatic heterocycles. The number of nitrogens with one attached hydrogen (secondary N) is 1. The van der Waals surface area contributed by atoms with Gasteiger partial charge in [0.15, 0.2) is 0 Å². The molecule has 18 heavy (non-hydrogen) atoms. The first kappa shape index (κ1) is 14.8. The van der Waals surface area contributed by atoms with Gasteiger partial charge in [-0.2, -0.15) is 0 Å². The number of nitrogens with zero attached hydrogens (tertiary/aromatic N) is 2. The molecular weight excluding hydrogens is 234 g/mol. The summed E-state index contributed by atoms with van der Waals surface area (Å²) in [5.41, 5.74) is 0. The molecule has 104 valence electrons. The highest BCUT2D eigenvalue weighted by Gasteiger charge is 2.20. The maximum absolute atomic E-state index is 11.7. The van der Waals surface area contributed by atoms with Gasteiger partial charge in [-0.1, -0.05) is 6.92 Å². The third-order valence-corrected chi connectivity index (χ3v) is 3.05. The zero-order valence-corrected chi connectivity index (χ0v) is 11.3. The Morgan fingerprint density at radius 1 is 1.22 bits per heavy atom. The minimum Gasteiger partial charge on any atom is -0.469 e. The standard InChI is InChI=1S/C12H23N3O3/c1-3-5-13-12(17)15-9-7-14(8-10-15)6-4-11(16)18-2/h3-10H2,1-2H3,(H,13,17). The quantitative estimate of drug-likeness (QED) is 0.719. The fraction of sp³-hybridized carbons (Fsp3) is 0.833. The summed E-state index contributed by atoms with van der Waals surface area (Å²) in [6.07, 6.45) is 1.36. The van der Waals surface area contributed by atoms with E-state index < -0.39 is 0 Å². The SMILES string of the molecule is CCCNC(=O)N1CCN(CCC(=O)OC)CC1. The maximum atomic E-state index is 11.7. The zero-order valence-electron chi connectivity index (χ0n) is 11.3. The number of ether oxygens (including phenoxy) is 1. The Kier molecular flexibility index (Phi) is 6.49. The van der Waals surface area contributed by atoms with Crippen LogP contribution in [0.3, 0.4) is 0 Å². The van der Waals surface area contributed by atoms with Crippen molar-refractivity contribution >= 4 is 12.0 Å². The van der Waals surface area contributed by atoms with Gasteiger partial charge in [0.1, 0.15) is 0 Å². The normalized spacial score (nSPS) is 16.4. The fourth-order valence-corrected chi connectivity index (χ4v) is 1.87. The van der Waals surface area contributed by atoms with Gasteiger partial charge in [-0.15, -0.1) is 0 Å². The zero-order chi connectivity index (χ0) is 13.4. The lowest BCUT2D eigenvalue weighted by molar-refractivity contribution is -0.141. The molecule has 1 saturated heterocycles. The maximum Gasteiger partial charge on any atom is 0.317 e. The van der Waals surface area contributed by atoms with Gasteiger partial charge in [0.2, 0.25) is 0 Å². The van der Waals surface area contributed by atoms with Gasteiger partial charge in [-0.3, -0.25) is 9.69 Å². The second-order valence-corrected chi connectivity index (χ2v) is 4.39. The number of hydrogen-bond acceptors (Lipinski definition) is 4. The number of amides is 2. The molecule has 1 heterocycles. The lowest BCUT2D eigenvalue weighted by Gasteiger charge is -2.34. The topological polar surface area (TPSA) is 61.9 Å². The van der Waals surface area contributed by atoms with Crippen LogP contribution < -0.4 is 5.32 Å². The number of carbonyl (C=O) groups excluding carboxylic acids is 2. The van der Waals surface area contributed by atoms with Crippen molar-refractivity contribution in [2.24, 2.45) is 0 Å². The van der Waals surface area contributed by atoms with Crippen molar-refractivity contribution in [3.63, 3.8) is 0 Å². The van der Waals surface area contributed by atoms with Gasteiger partial charge in [0, 0.05) is 39.3 Å². The molecule has 1 aliphatic rings. The van der Waals surface area contributed by atoms with Crippen LogP contribution in [-0.2, 0) is 9.53 Å². The number of esters is 1. The minimum absolute atomic E-state index is 0.0180. The van der Waals surface area contributed by atoms with E-state index >= 15 is 0 Å². The van der Waals surface area contributed by atoms with Crippen molar-refractivity contribution < 1.29 is 14.3 Å². The van der Waals surface area contributed by atoms with E-state index in [9.17, 15) is 9.59 Å². The summed E-state index contributed by atoms with van der Waals surface area (Å²) in [7, 11) is 1.40. The van der Waals surface area contributed by atoms with Crippen molar-refractivity contribution in [2.75, 3.05) is 46.4 Å². The fourth-order valence-electron chi connectivity index (χ4n) is 1.87. The molecule has 6 nitrogen and oxygen atoms in total. The molecule has 6 heteroatoms. The van der Waals surface area contributed by atoms with E-state index in [1.807, 2.05) is 11.8 Å². The summed E-state index contributed by atoms with van der Waals surface area (Å²) >= 11 is 0. The molecule has 1 N–H and O–H groups in total. The number of hydrogen-bond donors (Lipinski definition) is 1. The van der Waals surface area contributed by atoms with E-state index in [1.165, 1.54) is 7.11 Å². The van der Waals surface area contributed by atoms with E-state index in [0.29, 0.717) is 13.0 Å². The molecule has 0 radical (unpaired) electrons. The van der Waals surface area contributed by atoms with Crippen molar-refractivity contribution in [3.8, 4) is 0 Å². The molecule has 1 aliphatic heterocycles. The van der Waals surface area contributed by atoms with Gasteiger partial charge in [0.25, 0.3) is 0 Å². The highest BCUT2D eigenvalue weighted by molar-refractivity contribution is 5.74. The highest BCUT2D eigenvalue weighted by Crippen LogP contribution is 2.03. The Hall–Kier alpha value is -1.30. The van der Waals surface area contributed by atoms with E-state index in [0.717, 1.165) is 39.1 Å². The number of rotatable bonds is 5. The molecule has 2 amide bonds. The average molecular weight is 257 g/mol. The molecule has 0 aromatic carbocycles. The molecule has 0 atom stereocenters. The number of urea groups is 1.